The molecule has 0 saturated carbocycles. The molecule has 2 atom stereocenters. The Bertz CT molecular complexity index is 985. The van der Waals surface area contributed by atoms with E-state index in [1.807, 2.05) is 56.3 Å². The van der Waals surface area contributed by atoms with Crippen LogP contribution in [0.2, 0.25) is 0 Å². The molecule has 2 aliphatic heterocycles. The van der Waals surface area contributed by atoms with Crippen molar-refractivity contribution in [2.75, 3.05) is 10.9 Å². The maximum atomic E-state index is 13.6. The van der Waals surface area contributed by atoms with E-state index in [1.165, 1.54) is 4.31 Å². The molecule has 0 amide bonds. The number of halogens is 1. The van der Waals surface area contributed by atoms with Crippen LogP contribution >= 0.6 is 15.9 Å². The third-order valence-electron chi connectivity index (χ3n) is 5.11. The monoisotopic (exact) mass is 433 g/mol. The molecule has 2 aromatic carbocycles. The van der Waals surface area contributed by atoms with Crippen LogP contribution in [-0.4, -0.2) is 20.7 Å². The lowest BCUT2D eigenvalue weighted by Crippen LogP contribution is -2.49. The van der Waals surface area contributed by atoms with E-state index in [4.69, 9.17) is 4.74 Å². The van der Waals surface area contributed by atoms with Crippen molar-refractivity contribution in [3.8, 4) is 0 Å². The molecule has 2 aliphatic rings. The summed E-state index contributed by atoms with van der Waals surface area (Å²) in [4.78, 5) is 0.272. The maximum Gasteiger partial charge on any atom is 0.266 e. The molecule has 0 aromatic heterocycles. The molecular weight excluding hydrogens is 414 g/mol. The van der Waals surface area contributed by atoms with E-state index in [-0.39, 0.29) is 10.8 Å². The van der Waals surface area contributed by atoms with Gasteiger partial charge >= 0.3 is 0 Å². The number of benzene rings is 2. The van der Waals surface area contributed by atoms with Gasteiger partial charge in [0.25, 0.3) is 10.0 Å². The van der Waals surface area contributed by atoms with Crippen LogP contribution in [0.4, 0.5) is 5.69 Å². The van der Waals surface area contributed by atoms with E-state index in [0.29, 0.717) is 12.3 Å². The minimum atomic E-state index is -3.78. The van der Waals surface area contributed by atoms with E-state index >= 15 is 0 Å². The quantitative estimate of drug-likeness (QED) is 0.656. The van der Waals surface area contributed by atoms with Gasteiger partial charge in [0.05, 0.1) is 17.2 Å². The minimum absolute atomic E-state index is 0.0120. The molecule has 4 rings (SSSR count). The van der Waals surface area contributed by atoms with Crippen LogP contribution in [0.25, 0.3) is 0 Å². The smallest absolute Gasteiger partial charge is 0.266 e. The van der Waals surface area contributed by atoms with Crippen LogP contribution in [0.5, 0.6) is 0 Å². The second-order valence-corrected chi connectivity index (χ2v) is 9.43. The van der Waals surface area contributed by atoms with Crippen molar-refractivity contribution in [3.63, 3.8) is 0 Å². The highest BCUT2D eigenvalue weighted by molar-refractivity contribution is 9.10. The number of allylic oxidation sites excluding steroid dienone is 1. The van der Waals surface area contributed by atoms with Gasteiger partial charge in [0, 0.05) is 10.4 Å². The number of sulfonamides is 1. The lowest BCUT2D eigenvalue weighted by Gasteiger charge is -2.36. The number of nitrogens with zero attached hydrogens (tertiary/aromatic N) is 1. The topological polar surface area (TPSA) is 46.6 Å². The predicted octanol–water partition coefficient (Wildman–Crippen LogP) is 4.74. The fraction of sp³-hybridized carbons (Fsp3) is 0.300. The molecule has 1 fully saturated rings. The highest BCUT2D eigenvalue weighted by Gasteiger charge is 2.58. The lowest BCUT2D eigenvalue weighted by atomic mass is 9.91. The first-order valence-corrected chi connectivity index (χ1v) is 10.8. The first-order chi connectivity index (χ1) is 12.4. The van der Waals surface area contributed by atoms with Crippen molar-refractivity contribution >= 4 is 31.6 Å². The van der Waals surface area contributed by atoms with Gasteiger partial charge in [-0.15, -0.1) is 0 Å². The average Bonchev–Trinajstić information content (AvgIpc) is 3.09. The van der Waals surface area contributed by atoms with E-state index < -0.39 is 15.7 Å². The summed E-state index contributed by atoms with van der Waals surface area (Å²) in [6.45, 7) is 4.36. The summed E-state index contributed by atoms with van der Waals surface area (Å²) in [6, 6.07) is 12.8. The van der Waals surface area contributed by atoms with Crippen molar-refractivity contribution in [1.82, 2.24) is 0 Å². The Kier molecular flexibility index (Phi) is 4.25. The largest absolute Gasteiger partial charge is 0.350 e. The number of rotatable bonds is 3. The molecule has 0 aliphatic carbocycles. The summed E-state index contributed by atoms with van der Waals surface area (Å²) in [5.74, 6) is -0.0120. The summed E-state index contributed by atoms with van der Waals surface area (Å²) < 4.78 is 35.7. The summed E-state index contributed by atoms with van der Waals surface area (Å²) in [6.07, 6.45) is 4.54. The van der Waals surface area contributed by atoms with Crippen molar-refractivity contribution < 1.29 is 13.2 Å². The van der Waals surface area contributed by atoms with E-state index in [1.54, 1.807) is 12.1 Å². The lowest BCUT2D eigenvalue weighted by molar-refractivity contribution is 0.0522. The fourth-order valence-electron chi connectivity index (χ4n) is 4.01. The number of hydrogen-bond donors (Lipinski definition) is 0. The van der Waals surface area contributed by atoms with Crippen molar-refractivity contribution in [3.05, 3.63) is 70.2 Å². The Morgan fingerprint density at radius 3 is 2.65 bits per heavy atom. The van der Waals surface area contributed by atoms with Gasteiger partial charge < -0.3 is 4.74 Å². The second-order valence-electron chi connectivity index (χ2n) is 6.73. The Labute approximate surface area is 162 Å². The first kappa shape index (κ1) is 17.8. The van der Waals surface area contributed by atoms with Gasteiger partial charge in [0.15, 0.2) is 5.72 Å². The average molecular weight is 434 g/mol. The maximum absolute atomic E-state index is 13.6. The van der Waals surface area contributed by atoms with E-state index in [9.17, 15) is 8.42 Å². The van der Waals surface area contributed by atoms with E-state index in [0.717, 1.165) is 22.0 Å². The molecule has 4 nitrogen and oxygen atoms in total. The molecule has 0 spiro atoms. The normalized spacial score (nSPS) is 24.9. The Hall–Kier alpha value is -1.63. The zero-order valence-corrected chi connectivity index (χ0v) is 17.0. The molecule has 26 heavy (non-hydrogen) atoms. The summed E-state index contributed by atoms with van der Waals surface area (Å²) in [5.41, 5.74) is 1.72. The van der Waals surface area contributed by atoms with Crippen LogP contribution in [0.1, 0.15) is 30.4 Å². The molecule has 0 N–H and O–H groups in total. The SMILES string of the molecule is C/C=C/[C@@]12OCC[C@@H]1c1ccc(Br)cc1N2S(=O)(=O)c1ccc(C)cc1. The van der Waals surface area contributed by atoms with Crippen LogP contribution < -0.4 is 4.31 Å². The third kappa shape index (κ3) is 2.47. The minimum Gasteiger partial charge on any atom is -0.350 e. The standard InChI is InChI=1S/C20H20BrNO3S/c1-3-11-20-18(10-12-25-20)17-9-6-15(21)13-19(17)22(20)26(23,24)16-7-4-14(2)5-8-16/h3-9,11,13,18H,10,12H2,1-2H3/b11-3+/t18-,20-/m1/s1. The van der Waals surface area contributed by atoms with Gasteiger partial charge in [0.2, 0.25) is 0 Å². The van der Waals surface area contributed by atoms with Crippen molar-refractivity contribution in [2.24, 2.45) is 0 Å². The van der Waals surface area contributed by atoms with E-state index in [2.05, 4.69) is 15.9 Å². The van der Waals surface area contributed by atoms with Crippen LogP contribution in [0, 0.1) is 6.92 Å². The van der Waals surface area contributed by atoms with Crippen molar-refractivity contribution in [1.29, 1.82) is 0 Å². The number of fused-ring (bicyclic) bond motifs is 3. The summed E-state index contributed by atoms with van der Waals surface area (Å²) >= 11 is 3.48. The van der Waals surface area contributed by atoms with Gasteiger partial charge in [-0.1, -0.05) is 45.8 Å². The molecule has 2 heterocycles. The molecule has 136 valence electrons. The molecular formula is C20H20BrNO3S. The Balaban J connectivity index is 1.97. The first-order valence-electron chi connectivity index (χ1n) is 8.59. The fourth-order valence-corrected chi connectivity index (χ4v) is 6.08. The van der Waals surface area contributed by atoms with Gasteiger partial charge in [-0.2, -0.15) is 0 Å². The highest BCUT2D eigenvalue weighted by Crippen LogP contribution is 2.56. The van der Waals surface area contributed by atoms with Gasteiger partial charge in [-0.05, 0) is 56.2 Å². The zero-order chi connectivity index (χ0) is 18.5. The predicted molar refractivity (Wildman–Crippen MR) is 106 cm³/mol. The number of hydrogen-bond acceptors (Lipinski definition) is 3. The summed E-state index contributed by atoms with van der Waals surface area (Å²) in [5, 5.41) is 0. The molecule has 0 bridgehead atoms. The zero-order valence-electron chi connectivity index (χ0n) is 14.6. The van der Waals surface area contributed by atoms with Gasteiger partial charge in [0.1, 0.15) is 0 Å². The van der Waals surface area contributed by atoms with Crippen LogP contribution in [0.15, 0.2) is 64.0 Å². The molecule has 6 heteroatoms. The molecule has 0 unspecified atom stereocenters. The number of ether oxygens (including phenoxy) is 1. The number of aryl methyl sites for hydroxylation is 1. The molecule has 0 radical (unpaired) electrons. The second kappa shape index (κ2) is 6.22. The summed E-state index contributed by atoms with van der Waals surface area (Å²) in [7, 11) is -3.78. The van der Waals surface area contributed by atoms with Crippen molar-refractivity contribution in [2.45, 2.75) is 36.8 Å². The Morgan fingerprint density at radius 2 is 1.96 bits per heavy atom. The van der Waals surface area contributed by atoms with Gasteiger partial charge in [-0.25, -0.2) is 12.7 Å². The molecule has 2 aromatic rings. The number of anilines is 1. The third-order valence-corrected chi connectivity index (χ3v) is 7.43. The highest BCUT2D eigenvalue weighted by atomic mass is 79.9. The Morgan fingerprint density at radius 1 is 1.23 bits per heavy atom. The van der Waals surface area contributed by atoms with Crippen LogP contribution in [-0.2, 0) is 14.8 Å². The van der Waals surface area contributed by atoms with Gasteiger partial charge in [-0.3, -0.25) is 0 Å². The van der Waals surface area contributed by atoms with Crippen LogP contribution in [0.3, 0.4) is 0 Å². The molecule has 1 saturated heterocycles.